The maximum atomic E-state index is 13.0. The lowest BCUT2D eigenvalue weighted by molar-refractivity contribution is -0.145. The minimum atomic E-state index is -4.54. The second-order valence-corrected chi connectivity index (χ2v) is 4.82. The Balaban J connectivity index is 2.44. The summed E-state index contributed by atoms with van der Waals surface area (Å²) in [5.41, 5.74) is 3.93. The van der Waals surface area contributed by atoms with Crippen LogP contribution in [0.4, 0.5) is 13.2 Å². The summed E-state index contributed by atoms with van der Waals surface area (Å²) in [6, 6.07) is -0.258. The van der Waals surface area contributed by atoms with Crippen LogP contribution in [0.3, 0.4) is 0 Å². The molecule has 0 amide bonds. The van der Waals surface area contributed by atoms with Gasteiger partial charge in [-0.3, -0.25) is 0 Å². The van der Waals surface area contributed by atoms with E-state index in [1.807, 2.05) is 0 Å². The predicted molar refractivity (Wildman–Crippen MR) is 63.0 cm³/mol. The fourth-order valence-electron chi connectivity index (χ4n) is 2.30. The van der Waals surface area contributed by atoms with Crippen molar-refractivity contribution in [1.82, 2.24) is 15.0 Å². The van der Waals surface area contributed by atoms with E-state index in [0.717, 1.165) is 23.9 Å². The van der Waals surface area contributed by atoms with Crippen LogP contribution in [0.15, 0.2) is 0 Å². The van der Waals surface area contributed by atoms with Crippen molar-refractivity contribution in [3.8, 4) is 0 Å². The molecule has 0 aromatic carbocycles. The number of hydrogen-bond donors (Lipinski definition) is 1. The Labute approximate surface area is 107 Å². The van der Waals surface area contributed by atoms with Crippen molar-refractivity contribution in [2.75, 3.05) is 0 Å². The molecule has 0 radical (unpaired) electrons. The number of alkyl halides is 3. The summed E-state index contributed by atoms with van der Waals surface area (Å²) in [4.78, 5) is -0.371. The van der Waals surface area contributed by atoms with E-state index in [4.69, 9.17) is 5.73 Å². The van der Waals surface area contributed by atoms with Gasteiger partial charge in [0.2, 0.25) is 0 Å². The molecule has 2 N–H and O–H groups in total. The summed E-state index contributed by atoms with van der Waals surface area (Å²) in [6.07, 6.45) is -0.310. The Hall–Kier alpha value is -1.18. The Bertz CT molecular complexity index is 448. The molecule has 1 saturated carbocycles. The lowest BCUT2D eigenvalue weighted by atomic mass is 9.95. The Morgan fingerprint density at radius 1 is 1.28 bits per heavy atom. The van der Waals surface area contributed by atoms with Gasteiger partial charge >= 0.3 is 6.18 Å². The number of nitrogens with zero attached hydrogens (tertiary/aromatic N) is 3. The average molecular weight is 278 g/mol. The van der Waals surface area contributed by atoms with E-state index in [0.29, 0.717) is 12.8 Å². The molecule has 1 aliphatic carbocycles. The number of thiocarbonyl (C=S) groups is 1. The summed E-state index contributed by atoms with van der Waals surface area (Å²) < 4.78 is 40.1. The van der Waals surface area contributed by atoms with E-state index in [9.17, 15) is 13.2 Å². The number of halogens is 3. The first kappa shape index (κ1) is 13.3. The topological polar surface area (TPSA) is 56.7 Å². The molecule has 18 heavy (non-hydrogen) atoms. The normalized spacial score (nSPS) is 17.9. The predicted octanol–water partition coefficient (Wildman–Crippen LogP) is 2.44. The fourth-order valence-corrected chi connectivity index (χ4v) is 2.44. The molecule has 1 aromatic heterocycles. The SMILES string of the molecule is NC(=S)c1nnn(C2CCCCC2)c1C(F)(F)F. The minimum Gasteiger partial charge on any atom is -0.388 e. The maximum absolute atomic E-state index is 13.0. The monoisotopic (exact) mass is 278 g/mol. The van der Waals surface area contributed by atoms with Crippen LogP contribution in [0.25, 0.3) is 0 Å². The number of aromatic nitrogens is 3. The number of rotatable bonds is 2. The second-order valence-electron chi connectivity index (χ2n) is 4.39. The zero-order chi connectivity index (χ0) is 13.3. The van der Waals surface area contributed by atoms with Crippen molar-refractivity contribution >= 4 is 17.2 Å². The van der Waals surface area contributed by atoms with Crippen molar-refractivity contribution in [2.24, 2.45) is 5.73 Å². The molecule has 1 heterocycles. The first-order chi connectivity index (χ1) is 8.41. The zero-order valence-electron chi connectivity index (χ0n) is 9.57. The van der Waals surface area contributed by atoms with Crippen molar-refractivity contribution in [1.29, 1.82) is 0 Å². The largest absolute Gasteiger partial charge is 0.435 e. The highest BCUT2D eigenvalue weighted by molar-refractivity contribution is 7.80. The van der Waals surface area contributed by atoms with Crippen LogP contribution in [-0.2, 0) is 6.18 Å². The molecule has 0 atom stereocenters. The molecule has 1 fully saturated rings. The Kier molecular flexibility index (Phi) is 3.56. The standard InChI is InChI=1S/C10H13F3N4S/c11-10(12,13)8-7(9(14)18)15-16-17(8)6-4-2-1-3-5-6/h6H,1-5H2,(H2,14,18). The van der Waals surface area contributed by atoms with E-state index in [-0.39, 0.29) is 11.0 Å². The van der Waals surface area contributed by atoms with E-state index in [1.165, 1.54) is 0 Å². The highest BCUT2D eigenvalue weighted by Gasteiger charge is 2.41. The maximum Gasteiger partial charge on any atom is 0.435 e. The van der Waals surface area contributed by atoms with Crippen LogP contribution in [0.1, 0.15) is 49.5 Å². The lowest BCUT2D eigenvalue weighted by Crippen LogP contribution is -2.24. The first-order valence-corrected chi connectivity index (χ1v) is 6.14. The van der Waals surface area contributed by atoms with E-state index in [1.54, 1.807) is 0 Å². The highest BCUT2D eigenvalue weighted by atomic mass is 32.1. The van der Waals surface area contributed by atoms with E-state index in [2.05, 4.69) is 22.5 Å². The molecule has 1 aliphatic rings. The zero-order valence-corrected chi connectivity index (χ0v) is 10.4. The molecule has 2 rings (SSSR count). The van der Waals surface area contributed by atoms with Gasteiger partial charge in [-0.05, 0) is 12.8 Å². The number of hydrogen-bond acceptors (Lipinski definition) is 3. The molecular formula is C10H13F3N4S. The molecule has 1 aromatic rings. The smallest absolute Gasteiger partial charge is 0.388 e. The van der Waals surface area contributed by atoms with Crippen molar-refractivity contribution < 1.29 is 13.2 Å². The highest BCUT2D eigenvalue weighted by Crippen LogP contribution is 2.36. The van der Waals surface area contributed by atoms with Gasteiger partial charge in [-0.25, -0.2) is 4.68 Å². The molecule has 0 saturated heterocycles. The Morgan fingerprint density at radius 3 is 2.39 bits per heavy atom. The molecular weight excluding hydrogens is 265 g/mol. The molecule has 4 nitrogen and oxygen atoms in total. The van der Waals surface area contributed by atoms with Crippen LogP contribution in [-0.4, -0.2) is 20.0 Å². The third-order valence-electron chi connectivity index (χ3n) is 3.12. The van der Waals surface area contributed by atoms with Gasteiger partial charge < -0.3 is 5.73 Å². The van der Waals surface area contributed by atoms with Gasteiger partial charge in [0.05, 0.1) is 6.04 Å². The molecule has 0 aliphatic heterocycles. The first-order valence-electron chi connectivity index (χ1n) is 5.73. The third-order valence-corrected chi connectivity index (χ3v) is 3.31. The van der Waals surface area contributed by atoms with Gasteiger partial charge in [-0.15, -0.1) is 5.10 Å². The summed E-state index contributed by atoms with van der Waals surface area (Å²) >= 11 is 4.60. The van der Waals surface area contributed by atoms with E-state index < -0.39 is 17.6 Å². The second kappa shape index (κ2) is 4.83. The molecule has 8 heteroatoms. The van der Waals surface area contributed by atoms with Gasteiger partial charge in [-0.1, -0.05) is 36.7 Å². The summed E-state index contributed by atoms with van der Waals surface area (Å²) in [7, 11) is 0. The molecule has 0 bridgehead atoms. The lowest BCUT2D eigenvalue weighted by Gasteiger charge is -2.23. The van der Waals surface area contributed by atoms with Crippen LogP contribution in [0.2, 0.25) is 0 Å². The molecule has 0 spiro atoms. The number of nitrogens with two attached hydrogens (primary N) is 1. The van der Waals surface area contributed by atoms with Crippen molar-refractivity contribution in [3.05, 3.63) is 11.4 Å². The van der Waals surface area contributed by atoms with Gasteiger partial charge in [0.1, 0.15) is 4.99 Å². The third kappa shape index (κ3) is 2.47. The van der Waals surface area contributed by atoms with Crippen LogP contribution in [0.5, 0.6) is 0 Å². The summed E-state index contributed by atoms with van der Waals surface area (Å²) in [5, 5.41) is 7.09. The summed E-state index contributed by atoms with van der Waals surface area (Å²) in [6.45, 7) is 0. The van der Waals surface area contributed by atoms with Gasteiger partial charge in [0.25, 0.3) is 0 Å². The average Bonchev–Trinajstić information content (AvgIpc) is 2.74. The van der Waals surface area contributed by atoms with Gasteiger partial charge in [-0.2, -0.15) is 13.2 Å². The van der Waals surface area contributed by atoms with Gasteiger partial charge in [0, 0.05) is 0 Å². The fraction of sp³-hybridized carbons (Fsp3) is 0.700. The van der Waals surface area contributed by atoms with Crippen molar-refractivity contribution in [3.63, 3.8) is 0 Å². The van der Waals surface area contributed by atoms with Crippen LogP contribution in [0, 0.1) is 0 Å². The van der Waals surface area contributed by atoms with Crippen LogP contribution >= 0.6 is 12.2 Å². The van der Waals surface area contributed by atoms with Crippen molar-refractivity contribution in [2.45, 2.75) is 44.3 Å². The molecule has 100 valence electrons. The van der Waals surface area contributed by atoms with Gasteiger partial charge in [0.15, 0.2) is 11.4 Å². The van der Waals surface area contributed by atoms with Crippen LogP contribution < -0.4 is 5.73 Å². The quantitative estimate of drug-likeness (QED) is 0.844. The molecule has 0 unspecified atom stereocenters. The minimum absolute atomic E-state index is 0.258. The Morgan fingerprint density at radius 2 is 1.89 bits per heavy atom. The summed E-state index contributed by atoms with van der Waals surface area (Å²) in [5.74, 6) is 0. The van der Waals surface area contributed by atoms with E-state index >= 15 is 0 Å².